The maximum absolute atomic E-state index is 13.3. The smallest absolute Gasteiger partial charge is 0.339 e. The van der Waals surface area contributed by atoms with Gasteiger partial charge in [0.05, 0.1) is 23.4 Å². The molecule has 0 fully saturated rings. The lowest BCUT2D eigenvalue weighted by molar-refractivity contribution is 0.0602. The van der Waals surface area contributed by atoms with Crippen LogP contribution in [0.2, 0.25) is 5.02 Å². The molecule has 6 nitrogen and oxygen atoms in total. The maximum atomic E-state index is 13.3. The molecule has 0 atom stereocenters. The van der Waals surface area contributed by atoms with Gasteiger partial charge in [-0.15, -0.1) is 0 Å². The van der Waals surface area contributed by atoms with Crippen LogP contribution in [0.5, 0.6) is 0 Å². The van der Waals surface area contributed by atoms with Crippen LogP contribution in [0.1, 0.15) is 16.2 Å². The van der Waals surface area contributed by atoms with Crippen LogP contribution in [0, 0.1) is 12.7 Å². The number of benzene rings is 2. The number of nitrogens with zero attached hydrogens (tertiary/aromatic N) is 2. The van der Waals surface area contributed by atoms with Crippen molar-refractivity contribution < 1.29 is 13.9 Å². The van der Waals surface area contributed by atoms with E-state index in [0.717, 1.165) is 0 Å². The number of hydrogen-bond acceptors (Lipinski definition) is 6. The number of nitrogens with one attached hydrogen (secondary N) is 2. The van der Waals surface area contributed by atoms with Crippen LogP contribution in [0.4, 0.5) is 27.4 Å². The van der Waals surface area contributed by atoms with Gasteiger partial charge in [0.25, 0.3) is 0 Å². The topological polar surface area (TPSA) is 76.1 Å². The van der Waals surface area contributed by atoms with Gasteiger partial charge in [0.2, 0.25) is 0 Å². The minimum atomic E-state index is -0.497. The fourth-order valence-corrected chi connectivity index (χ4v) is 2.62. The highest BCUT2D eigenvalue weighted by molar-refractivity contribution is 6.31. The molecule has 0 amide bonds. The Morgan fingerprint density at radius 1 is 1.07 bits per heavy atom. The van der Waals surface area contributed by atoms with Crippen LogP contribution in [0.3, 0.4) is 0 Å². The van der Waals surface area contributed by atoms with E-state index in [9.17, 15) is 9.18 Å². The van der Waals surface area contributed by atoms with Crippen LogP contribution in [-0.4, -0.2) is 23.0 Å². The number of carbonyl (C=O) groups is 1. The molecular formula is C19H16ClFN4O2. The third kappa shape index (κ3) is 4.51. The molecule has 0 bridgehead atoms. The molecule has 2 aromatic carbocycles. The van der Waals surface area contributed by atoms with Crippen molar-refractivity contribution in [1.82, 2.24) is 9.97 Å². The van der Waals surface area contributed by atoms with Crippen LogP contribution in [0.25, 0.3) is 0 Å². The van der Waals surface area contributed by atoms with E-state index in [1.807, 2.05) is 0 Å². The number of methoxy groups -OCH3 is 1. The number of rotatable bonds is 5. The van der Waals surface area contributed by atoms with Crippen molar-refractivity contribution in [3.63, 3.8) is 0 Å². The van der Waals surface area contributed by atoms with Gasteiger partial charge in [0, 0.05) is 11.8 Å². The Labute approximate surface area is 160 Å². The quantitative estimate of drug-likeness (QED) is 0.610. The van der Waals surface area contributed by atoms with Crippen LogP contribution in [-0.2, 0) is 4.74 Å². The lowest BCUT2D eigenvalue weighted by Gasteiger charge is -2.12. The average molecular weight is 387 g/mol. The lowest BCUT2D eigenvalue weighted by atomic mass is 10.2. The second-order valence-corrected chi connectivity index (χ2v) is 6.01. The number of anilines is 4. The number of halogens is 2. The number of hydrogen-bond donors (Lipinski definition) is 2. The molecule has 0 unspecified atom stereocenters. The number of carbonyl (C=O) groups excluding carboxylic acids is 1. The zero-order chi connectivity index (χ0) is 19.4. The largest absolute Gasteiger partial charge is 0.465 e. The highest BCUT2D eigenvalue weighted by atomic mass is 35.5. The molecule has 0 saturated heterocycles. The third-order valence-electron chi connectivity index (χ3n) is 3.63. The highest BCUT2D eigenvalue weighted by Crippen LogP contribution is 2.25. The molecule has 0 spiro atoms. The summed E-state index contributed by atoms with van der Waals surface area (Å²) < 4.78 is 18.1. The van der Waals surface area contributed by atoms with Gasteiger partial charge in [-0.2, -0.15) is 0 Å². The van der Waals surface area contributed by atoms with Crippen molar-refractivity contribution in [2.45, 2.75) is 6.92 Å². The zero-order valence-corrected chi connectivity index (χ0v) is 15.3. The van der Waals surface area contributed by atoms with E-state index in [2.05, 4.69) is 20.6 Å². The Morgan fingerprint density at radius 2 is 1.78 bits per heavy atom. The summed E-state index contributed by atoms with van der Waals surface area (Å²) in [6.45, 7) is 1.74. The van der Waals surface area contributed by atoms with Crippen molar-refractivity contribution >= 4 is 40.6 Å². The number of aryl methyl sites for hydroxylation is 1. The molecule has 3 rings (SSSR count). The predicted molar refractivity (Wildman–Crippen MR) is 103 cm³/mol. The summed E-state index contributed by atoms with van der Waals surface area (Å²) in [4.78, 5) is 20.5. The second-order valence-electron chi connectivity index (χ2n) is 5.60. The fourth-order valence-electron chi connectivity index (χ4n) is 2.44. The molecule has 0 aliphatic rings. The fraction of sp³-hybridized carbons (Fsp3) is 0.105. The molecular weight excluding hydrogens is 371 g/mol. The third-order valence-corrected chi connectivity index (χ3v) is 3.91. The summed E-state index contributed by atoms with van der Waals surface area (Å²) in [6.07, 6.45) is 0. The molecule has 0 aliphatic carbocycles. The Bertz CT molecular complexity index is 997. The predicted octanol–water partition coefficient (Wildman–Crippen LogP) is 4.85. The molecule has 0 saturated carbocycles. The van der Waals surface area contributed by atoms with E-state index < -0.39 is 11.8 Å². The summed E-state index contributed by atoms with van der Waals surface area (Å²) in [5.74, 6) is 0.523. The van der Waals surface area contributed by atoms with Gasteiger partial charge in [-0.1, -0.05) is 23.7 Å². The number of esters is 1. The molecule has 2 N–H and O–H groups in total. The Hall–Kier alpha value is -3.19. The van der Waals surface area contributed by atoms with Gasteiger partial charge in [0.1, 0.15) is 23.3 Å². The molecule has 27 heavy (non-hydrogen) atoms. The van der Waals surface area contributed by atoms with Gasteiger partial charge in [-0.05, 0) is 37.3 Å². The van der Waals surface area contributed by atoms with E-state index in [-0.39, 0.29) is 5.02 Å². The van der Waals surface area contributed by atoms with Gasteiger partial charge in [0.15, 0.2) is 0 Å². The molecule has 1 heterocycles. The molecule has 0 radical (unpaired) electrons. The molecule has 138 valence electrons. The number of para-hydroxylation sites is 1. The van der Waals surface area contributed by atoms with Crippen molar-refractivity contribution in [3.05, 3.63) is 70.8 Å². The zero-order valence-electron chi connectivity index (χ0n) is 14.6. The van der Waals surface area contributed by atoms with Gasteiger partial charge in [-0.3, -0.25) is 0 Å². The molecule has 3 aromatic rings. The van der Waals surface area contributed by atoms with E-state index in [4.69, 9.17) is 16.3 Å². The van der Waals surface area contributed by atoms with E-state index in [1.165, 1.54) is 19.2 Å². The summed E-state index contributed by atoms with van der Waals surface area (Å²) in [7, 11) is 1.32. The number of ether oxygens (including phenoxy) is 1. The van der Waals surface area contributed by atoms with Crippen molar-refractivity contribution in [2.75, 3.05) is 17.7 Å². The van der Waals surface area contributed by atoms with Crippen molar-refractivity contribution in [2.24, 2.45) is 0 Å². The van der Waals surface area contributed by atoms with Crippen molar-refractivity contribution in [3.8, 4) is 0 Å². The van der Waals surface area contributed by atoms with Crippen molar-refractivity contribution in [1.29, 1.82) is 0 Å². The summed E-state index contributed by atoms with van der Waals surface area (Å²) in [5, 5.41) is 6.16. The maximum Gasteiger partial charge on any atom is 0.339 e. The molecule has 8 heteroatoms. The Balaban J connectivity index is 1.88. The van der Waals surface area contributed by atoms with Gasteiger partial charge >= 0.3 is 5.97 Å². The van der Waals surface area contributed by atoms with E-state index >= 15 is 0 Å². The van der Waals surface area contributed by atoms with E-state index in [0.29, 0.717) is 34.4 Å². The minimum absolute atomic E-state index is 0.0103. The summed E-state index contributed by atoms with van der Waals surface area (Å²) in [6, 6.07) is 12.9. The monoisotopic (exact) mass is 386 g/mol. The molecule has 0 aliphatic heterocycles. The second kappa shape index (κ2) is 8.01. The van der Waals surface area contributed by atoms with Crippen LogP contribution in [0.15, 0.2) is 48.5 Å². The lowest BCUT2D eigenvalue weighted by Crippen LogP contribution is -2.07. The summed E-state index contributed by atoms with van der Waals surface area (Å²) >= 11 is 5.81. The first-order valence-electron chi connectivity index (χ1n) is 7.98. The molecule has 1 aromatic heterocycles. The Kier molecular flexibility index (Phi) is 5.52. The first-order chi connectivity index (χ1) is 13.0. The summed E-state index contributed by atoms with van der Waals surface area (Å²) in [5.41, 5.74) is 1.52. The number of aromatic nitrogens is 2. The first kappa shape index (κ1) is 18.6. The average Bonchev–Trinajstić information content (AvgIpc) is 2.64. The first-order valence-corrected chi connectivity index (χ1v) is 8.36. The van der Waals surface area contributed by atoms with Crippen LogP contribution >= 0.6 is 11.6 Å². The normalized spacial score (nSPS) is 10.4. The highest BCUT2D eigenvalue weighted by Gasteiger charge is 2.12. The SMILES string of the molecule is COC(=O)c1ccccc1Nc1cc(Nc2ccc(F)c(Cl)c2)nc(C)n1. The van der Waals surface area contributed by atoms with E-state index in [1.54, 1.807) is 43.3 Å². The minimum Gasteiger partial charge on any atom is -0.465 e. The van der Waals surface area contributed by atoms with Gasteiger partial charge < -0.3 is 15.4 Å². The van der Waals surface area contributed by atoms with Crippen LogP contribution < -0.4 is 10.6 Å². The van der Waals surface area contributed by atoms with Gasteiger partial charge in [-0.25, -0.2) is 19.2 Å². The Morgan fingerprint density at radius 3 is 2.48 bits per heavy atom. The standard InChI is InChI=1S/C19H16ClFN4O2/c1-11-22-17(24-12-7-8-15(21)14(20)9-12)10-18(23-11)25-16-6-4-3-5-13(16)19(26)27-2/h3-10H,1-2H3,(H2,22,23,24,25).